The third-order valence-electron chi connectivity index (χ3n) is 9.65. The van der Waals surface area contributed by atoms with Crippen LogP contribution in [0.25, 0.3) is 0 Å². The van der Waals surface area contributed by atoms with E-state index >= 15 is 0 Å². The van der Waals surface area contributed by atoms with E-state index in [1.54, 1.807) is 0 Å². The normalized spacial score (nSPS) is 43.8. The van der Waals surface area contributed by atoms with Crippen LogP contribution in [0.4, 0.5) is 0 Å². The van der Waals surface area contributed by atoms with Gasteiger partial charge in [0.1, 0.15) is 11.9 Å². The molecule has 1 aromatic rings. The number of hydrogen-bond donors (Lipinski definition) is 0. The quantitative estimate of drug-likeness (QED) is 0.593. The van der Waals surface area contributed by atoms with E-state index in [0.29, 0.717) is 28.6 Å². The summed E-state index contributed by atoms with van der Waals surface area (Å²) in [5.74, 6) is 3.06. The lowest BCUT2D eigenvalue weighted by Crippen LogP contribution is -2.54. The molecule has 0 unspecified atom stereocenters. The summed E-state index contributed by atoms with van der Waals surface area (Å²) < 4.78 is 6.11. The lowest BCUT2D eigenvalue weighted by atomic mass is 9.45. The van der Waals surface area contributed by atoms with Crippen molar-refractivity contribution < 1.29 is 14.3 Å². The van der Waals surface area contributed by atoms with Crippen molar-refractivity contribution in [2.24, 2.45) is 34.5 Å². The van der Waals surface area contributed by atoms with E-state index in [9.17, 15) is 9.59 Å². The molecule has 0 spiro atoms. The number of ether oxygens (including phenoxy) is 1. The van der Waals surface area contributed by atoms with Gasteiger partial charge in [-0.1, -0.05) is 32.0 Å². The highest BCUT2D eigenvalue weighted by Crippen LogP contribution is 2.66. The van der Waals surface area contributed by atoms with Gasteiger partial charge in [-0.15, -0.1) is 0 Å². The van der Waals surface area contributed by atoms with Gasteiger partial charge in [0.15, 0.2) is 0 Å². The summed E-state index contributed by atoms with van der Waals surface area (Å²) in [6.07, 6.45) is 9.79. The van der Waals surface area contributed by atoms with E-state index in [-0.39, 0.29) is 17.5 Å². The van der Waals surface area contributed by atoms with Crippen LogP contribution in [-0.2, 0) is 9.53 Å². The fraction of sp³-hybridized carbons (Fsp3) is 0.692. The minimum atomic E-state index is -0.166. The zero-order valence-corrected chi connectivity index (χ0v) is 17.9. The first-order chi connectivity index (χ1) is 13.9. The molecular weight excluding hydrogens is 360 g/mol. The molecule has 4 aliphatic rings. The molecule has 0 aliphatic heterocycles. The van der Waals surface area contributed by atoms with Gasteiger partial charge in [0.2, 0.25) is 0 Å². The predicted octanol–water partition coefficient (Wildman–Crippen LogP) is 5.82. The average molecular weight is 395 g/mol. The van der Waals surface area contributed by atoms with Crippen LogP contribution in [0.2, 0.25) is 0 Å². The van der Waals surface area contributed by atoms with Crippen LogP contribution in [0.1, 0.15) is 82.0 Å². The molecule has 0 radical (unpaired) electrons. The molecule has 3 nitrogen and oxygen atoms in total. The van der Waals surface area contributed by atoms with Crippen LogP contribution in [-0.4, -0.2) is 17.9 Å². The van der Waals surface area contributed by atoms with Crippen LogP contribution in [0.15, 0.2) is 30.3 Å². The van der Waals surface area contributed by atoms with Crippen molar-refractivity contribution in [2.45, 2.75) is 77.7 Å². The fourth-order valence-electron chi connectivity index (χ4n) is 7.96. The van der Waals surface area contributed by atoms with Gasteiger partial charge in [-0.05, 0) is 86.2 Å². The van der Waals surface area contributed by atoms with Gasteiger partial charge in [0, 0.05) is 18.3 Å². The zero-order valence-electron chi connectivity index (χ0n) is 17.9. The summed E-state index contributed by atoms with van der Waals surface area (Å²) in [6.45, 7) is 4.88. The van der Waals surface area contributed by atoms with E-state index in [1.165, 1.54) is 25.7 Å². The maximum atomic E-state index is 12.7. The van der Waals surface area contributed by atoms with Gasteiger partial charge in [-0.3, -0.25) is 4.79 Å². The molecule has 0 amide bonds. The summed E-state index contributed by atoms with van der Waals surface area (Å²) in [5.41, 5.74) is 1.11. The second-order valence-electron chi connectivity index (χ2n) is 10.8. The first kappa shape index (κ1) is 19.3. The minimum Gasteiger partial charge on any atom is -0.458 e. The molecule has 0 N–H and O–H groups in total. The van der Waals surface area contributed by atoms with E-state index < -0.39 is 0 Å². The van der Waals surface area contributed by atoms with Crippen LogP contribution >= 0.6 is 0 Å². The van der Waals surface area contributed by atoms with E-state index in [2.05, 4.69) is 13.8 Å². The Bertz CT molecular complexity index is 801. The van der Waals surface area contributed by atoms with Crippen LogP contribution in [0.3, 0.4) is 0 Å². The van der Waals surface area contributed by atoms with Gasteiger partial charge in [-0.2, -0.15) is 0 Å². The van der Waals surface area contributed by atoms with Crippen molar-refractivity contribution >= 4 is 11.8 Å². The highest BCUT2D eigenvalue weighted by Gasteiger charge is 2.61. The second-order valence-corrected chi connectivity index (χ2v) is 10.8. The number of benzene rings is 1. The second kappa shape index (κ2) is 6.96. The Labute approximate surface area is 174 Å². The van der Waals surface area contributed by atoms with Crippen molar-refractivity contribution in [1.29, 1.82) is 0 Å². The molecule has 5 rings (SSSR count). The molecule has 7 atom stereocenters. The number of ketones is 1. The van der Waals surface area contributed by atoms with E-state index in [0.717, 1.165) is 43.9 Å². The largest absolute Gasteiger partial charge is 0.458 e. The molecule has 4 saturated carbocycles. The van der Waals surface area contributed by atoms with E-state index in [1.807, 2.05) is 30.3 Å². The zero-order chi connectivity index (χ0) is 20.2. The third-order valence-corrected chi connectivity index (χ3v) is 9.65. The Balaban J connectivity index is 1.34. The third kappa shape index (κ3) is 2.99. The Hall–Kier alpha value is -1.64. The number of esters is 1. The van der Waals surface area contributed by atoms with Crippen molar-refractivity contribution in [3.63, 3.8) is 0 Å². The van der Waals surface area contributed by atoms with Crippen molar-refractivity contribution in [1.82, 2.24) is 0 Å². The molecule has 4 fully saturated rings. The molecule has 156 valence electrons. The predicted molar refractivity (Wildman–Crippen MR) is 112 cm³/mol. The molecule has 0 bridgehead atoms. The van der Waals surface area contributed by atoms with Crippen molar-refractivity contribution in [3.8, 4) is 0 Å². The standard InChI is InChI=1S/C26H34O3/c1-25-14-12-19(27)16-18(25)8-9-20-21-10-11-23(26(21,2)15-13-22(20)25)29-24(28)17-6-4-3-5-7-17/h3-7,18,20-23H,8-16H2,1-2H3/t18-,20-,21-,22-,23-,25-,26-/m0/s1. The number of Topliss-reactive ketones (excluding diaryl/α,β-unsaturated/α-hetero) is 1. The molecular formula is C26H34O3. The molecule has 0 saturated heterocycles. The topological polar surface area (TPSA) is 43.4 Å². The van der Waals surface area contributed by atoms with Gasteiger partial charge in [0.25, 0.3) is 0 Å². The first-order valence-electron chi connectivity index (χ1n) is 11.7. The van der Waals surface area contributed by atoms with Crippen LogP contribution < -0.4 is 0 Å². The molecule has 0 aromatic heterocycles. The van der Waals surface area contributed by atoms with Crippen LogP contribution in [0, 0.1) is 34.5 Å². The Morgan fingerprint density at radius 3 is 2.48 bits per heavy atom. The smallest absolute Gasteiger partial charge is 0.338 e. The van der Waals surface area contributed by atoms with Gasteiger partial charge >= 0.3 is 5.97 Å². The summed E-state index contributed by atoms with van der Waals surface area (Å²) in [6, 6.07) is 9.42. The first-order valence-corrected chi connectivity index (χ1v) is 11.7. The summed E-state index contributed by atoms with van der Waals surface area (Å²) >= 11 is 0. The molecule has 29 heavy (non-hydrogen) atoms. The Morgan fingerprint density at radius 2 is 1.69 bits per heavy atom. The van der Waals surface area contributed by atoms with Crippen molar-refractivity contribution in [3.05, 3.63) is 35.9 Å². The average Bonchev–Trinajstić information content (AvgIpc) is 3.05. The van der Waals surface area contributed by atoms with Gasteiger partial charge < -0.3 is 4.74 Å². The molecule has 0 heterocycles. The number of carbonyl (C=O) groups is 2. The number of rotatable bonds is 2. The molecule has 1 aromatic carbocycles. The van der Waals surface area contributed by atoms with Gasteiger partial charge in [-0.25, -0.2) is 4.79 Å². The van der Waals surface area contributed by atoms with Crippen LogP contribution in [0.5, 0.6) is 0 Å². The lowest BCUT2D eigenvalue weighted by molar-refractivity contribution is -0.142. The monoisotopic (exact) mass is 394 g/mol. The highest BCUT2D eigenvalue weighted by atomic mass is 16.5. The molecule has 3 heteroatoms. The summed E-state index contributed by atoms with van der Waals surface area (Å²) in [5, 5.41) is 0. The number of hydrogen-bond acceptors (Lipinski definition) is 3. The van der Waals surface area contributed by atoms with Crippen molar-refractivity contribution in [2.75, 3.05) is 0 Å². The maximum absolute atomic E-state index is 12.7. The Kier molecular flexibility index (Phi) is 4.64. The van der Waals surface area contributed by atoms with Gasteiger partial charge in [0.05, 0.1) is 5.56 Å². The number of fused-ring (bicyclic) bond motifs is 5. The maximum Gasteiger partial charge on any atom is 0.338 e. The lowest BCUT2D eigenvalue weighted by Gasteiger charge is -2.60. The Morgan fingerprint density at radius 1 is 0.931 bits per heavy atom. The number of carbonyl (C=O) groups excluding carboxylic acids is 2. The highest BCUT2D eigenvalue weighted by molar-refractivity contribution is 5.89. The summed E-state index contributed by atoms with van der Waals surface area (Å²) in [4.78, 5) is 24.8. The van der Waals surface area contributed by atoms with E-state index in [4.69, 9.17) is 4.74 Å². The molecule has 4 aliphatic carbocycles. The SMILES string of the molecule is C[C@]12CCC(=O)C[C@@H]1CC[C@@H]1[C@@H]2CC[C@]2(C)[C@@H](OC(=O)c3ccccc3)CC[C@@H]12. The minimum absolute atomic E-state index is 0.0413. The summed E-state index contributed by atoms with van der Waals surface area (Å²) in [7, 11) is 0. The fourth-order valence-corrected chi connectivity index (χ4v) is 7.96.